The summed E-state index contributed by atoms with van der Waals surface area (Å²) >= 11 is 2.96. The van der Waals surface area contributed by atoms with Crippen molar-refractivity contribution >= 4 is 51.4 Å². The van der Waals surface area contributed by atoms with E-state index < -0.39 is 0 Å². The number of carbonyl (C=O) groups is 2. The zero-order chi connectivity index (χ0) is 22.6. The highest BCUT2D eigenvalue weighted by Gasteiger charge is 2.28. The number of nitrogens with one attached hydrogen (secondary N) is 1. The average Bonchev–Trinajstić information content (AvgIpc) is 3.38. The predicted octanol–water partition coefficient (Wildman–Crippen LogP) is 5.33. The number of anilines is 1. The Bertz CT molecular complexity index is 1280. The van der Waals surface area contributed by atoms with E-state index in [-0.39, 0.29) is 17.7 Å². The predicted molar refractivity (Wildman–Crippen MR) is 132 cm³/mol. The molecule has 5 rings (SSSR count). The molecule has 0 unspecified atom stereocenters. The molecule has 0 aliphatic carbocycles. The van der Waals surface area contributed by atoms with E-state index in [4.69, 9.17) is 0 Å². The molecule has 1 N–H and O–H groups in total. The van der Waals surface area contributed by atoms with E-state index in [0.717, 1.165) is 31.3 Å². The number of nitrogens with zero attached hydrogens (tertiary/aromatic N) is 3. The van der Waals surface area contributed by atoms with Gasteiger partial charge in [0.1, 0.15) is 5.51 Å². The van der Waals surface area contributed by atoms with Crippen LogP contribution in [0.5, 0.6) is 0 Å². The number of carbonyl (C=O) groups excluding carboxylic acids is 2. The number of para-hydroxylation sites is 1. The van der Waals surface area contributed by atoms with Crippen molar-refractivity contribution in [1.82, 2.24) is 15.1 Å². The van der Waals surface area contributed by atoms with Gasteiger partial charge in [0.25, 0.3) is 5.91 Å². The number of hydrogen-bond donors (Lipinski definition) is 1. The molecule has 1 saturated heterocycles. The molecule has 1 fully saturated rings. The zero-order valence-electron chi connectivity index (χ0n) is 17.8. The molecule has 1 aliphatic heterocycles. The summed E-state index contributed by atoms with van der Waals surface area (Å²) in [5.74, 6) is -0.0943. The minimum atomic E-state index is -0.124. The molecule has 166 valence electrons. The molecule has 0 saturated carbocycles. The molecule has 1 aromatic heterocycles. The maximum atomic E-state index is 13.2. The maximum Gasteiger partial charge on any atom is 0.254 e. The summed E-state index contributed by atoms with van der Waals surface area (Å²) in [6.07, 6.45) is 1.29. The lowest BCUT2D eigenvalue weighted by Gasteiger charge is -2.31. The maximum absolute atomic E-state index is 13.2. The van der Waals surface area contributed by atoms with E-state index in [1.807, 2.05) is 71.6 Å². The Morgan fingerprint density at radius 2 is 1.73 bits per heavy atom. The van der Waals surface area contributed by atoms with Crippen LogP contribution in [0.3, 0.4) is 0 Å². The van der Waals surface area contributed by atoms with Crippen molar-refractivity contribution in [2.24, 2.45) is 5.92 Å². The Morgan fingerprint density at radius 1 is 0.970 bits per heavy atom. The monoisotopic (exact) mass is 474 g/mol. The van der Waals surface area contributed by atoms with E-state index in [1.165, 1.54) is 23.1 Å². The van der Waals surface area contributed by atoms with Crippen LogP contribution in [-0.4, -0.2) is 40.0 Å². The Labute approximate surface area is 200 Å². The number of likely N-dealkylation sites (tertiary alicyclic amines) is 1. The molecule has 2 amide bonds. The SMILES string of the molecule is O=C(Nc1ccccc1Sc1nncs1)C1CCN(C(=O)c2cccc3ccccc23)CC1. The normalized spacial score (nSPS) is 14.4. The molecular formula is C25H22N4O2S2. The second kappa shape index (κ2) is 9.72. The van der Waals surface area contributed by atoms with Crippen LogP contribution in [0.2, 0.25) is 0 Å². The standard InChI is InChI=1S/C25H22N4O2S2/c30-23(27-21-10-3-4-11-22(21)33-25-28-26-16-32-25)18-12-14-29(15-13-18)24(31)20-9-5-7-17-6-1-2-8-19(17)20/h1-11,16,18H,12-15H2,(H,27,30). The van der Waals surface area contributed by atoms with Gasteiger partial charge in [-0.15, -0.1) is 10.2 Å². The van der Waals surface area contributed by atoms with Gasteiger partial charge in [-0.1, -0.05) is 71.6 Å². The second-order valence-corrected chi connectivity index (χ2v) is 10.0. The number of piperidine rings is 1. The van der Waals surface area contributed by atoms with Gasteiger partial charge < -0.3 is 10.2 Å². The third-order valence-electron chi connectivity index (χ3n) is 5.86. The fraction of sp³-hybridized carbons (Fsp3) is 0.200. The third kappa shape index (κ3) is 4.77. The molecule has 6 nitrogen and oxygen atoms in total. The summed E-state index contributed by atoms with van der Waals surface area (Å²) in [7, 11) is 0. The van der Waals surface area contributed by atoms with Crippen molar-refractivity contribution in [2.45, 2.75) is 22.1 Å². The molecular weight excluding hydrogens is 452 g/mol. The Hall–Kier alpha value is -3.23. The van der Waals surface area contributed by atoms with Gasteiger partial charge in [-0.25, -0.2) is 0 Å². The lowest BCUT2D eigenvalue weighted by molar-refractivity contribution is -0.121. The lowest BCUT2D eigenvalue weighted by Crippen LogP contribution is -2.41. The van der Waals surface area contributed by atoms with E-state index in [0.29, 0.717) is 25.9 Å². The summed E-state index contributed by atoms with van der Waals surface area (Å²) < 4.78 is 0.831. The lowest BCUT2D eigenvalue weighted by atomic mass is 9.94. The molecule has 2 heterocycles. The Kier molecular flexibility index (Phi) is 6.37. The summed E-state index contributed by atoms with van der Waals surface area (Å²) in [6, 6.07) is 21.5. The van der Waals surface area contributed by atoms with Crippen LogP contribution in [0.15, 0.2) is 81.5 Å². The topological polar surface area (TPSA) is 75.2 Å². The van der Waals surface area contributed by atoms with E-state index >= 15 is 0 Å². The molecule has 8 heteroatoms. The Morgan fingerprint density at radius 3 is 2.55 bits per heavy atom. The molecule has 0 radical (unpaired) electrons. The fourth-order valence-electron chi connectivity index (χ4n) is 4.12. The summed E-state index contributed by atoms with van der Waals surface area (Å²) in [4.78, 5) is 29.0. The number of fused-ring (bicyclic) bond motifs is 1. The van der Waals surface area contributed by atoms with Crippen molar-refractivity contribution in [2.75, 3.05) is 18.4 Å². The molecule has 4 aromatic rings. The Balaban J connectivity index is 1.23. The van der Waals surface area contributed by atoms with Gasteiger partial charge in [-0.05, 0) is 41.8 Å². The van der Waals surface area contributed by atoms with Crippen LogP contribution >= 0.6 is 23.1 Å². The zero-order valence-corrected chi connectivity index (χ0v) is 19.4. The van der Waals surface area contributed by atoms with Gasteiger partial charge in [0, 0.05) is 29.5 Å². The quantitative estimate of drug-likeness (QED) is 0.423. The van der Waals surface area contributed by atoms with Crippen LogP contribution in [0, 0.1) is 5.92 Å². The highest BCUT2D eigenvalue weighted by atomic mass is 32.2. The van der Waals surface area contributed by atoms with Gasteiger partial charge >= 0.3 is 0 Å². The number of hydrogen-bond acceptors (Lipinski definition) is 6. The summed E-state index contributed by atoms with van der Waals surface area (Å²) in [5.41, 5.74) is 3.19. The number of rotatable bonds is 5. The minimum absolute atomic E-state index is 0.00225. The van der Waals surface area contributed by atoms with Gasteiger partial charge in [0.15, 0.2) is 4.34 Å². The van der Waals surface area contributed by atoms with E-state index in [2.05, 4.69) is 15.5 Å². The number of amides is 2. The largest absolute Gasteiger partial charge is 0.339 e. The van der Waals surface area contributed by atoms with Crippen molar-refractivity contribution in [3.05, 3.63) is 77.8 Å². The van der Waals surface area contributed by atoms with Crippen LogP contribution in [0.1, 0.15) is 23.2 Å². The number of benzene rings is 3. The second-order valence-electron chi connectivity index (χ2n) is 7.89. The van der Waals surface area contributed by atoms with E-state index in [9.17, 15) is 9.59 Å². The van der Waals surface area contributed by atoms with Gasteiger partial charge in [-0.3, -0.25) is 9.59 Å². The first-order valence-electron chi connectivity index (χ1n) is 10.8. The van der Waals surface area contributed by atoms with Gasteiger partial charge in [0.05, 0.1) is 5.69 Å². The van der Waals surface area contributed by atoms with Crippen molar-refractivity contribution < 1.29 is 9.59 Å². The highest BCUT2D eigenvalue weighted by molar-refractivity contribution is 8.01. The first-order chi connectivity index (χ1) is 16.2. The van der Waals surface area contributed by atoms with Gasteiger partial charge in [0.2, 0.25) is 5.91 Å². The molecule has 1 aliphatic rings. The minimum Gasteiger partial charge on any atom is -0.339 e. The van der Waals surface area contributed by atoms with Crippen molar-refractivity contribution in [3.8, 4) is 0 Å². The molecule has 0 bridgehead atoms. The average molecular weight is 475 g/mol. The van der Waals surface area contributed by atoms with Crippen LogP contribution in [0.25, 0.3) is 10.8 Å². The summed E-state index contributed by atoms with van der Waals surface area (Å²) in [5, 5.41) is 13.1. The fourth-order valence-corrected chi connectivity index (χ4v) is 5.64. The molecule has 33 heavy (non-hydrogen) atoms. The van der Waals surface area contributed by atoms with Crippen LogP contribution < -0.4 is 5.32 Å². The van der Waals surface area contributed by atoms with Crippen LogP contribution in [0.4, 0.5) is 5.69 Å². The van der Waals surface area contributed by atoms with Crippen LogP contribution in [-0.2, 0) is 4.79 Å². The van der Waals surface area contributed by atoms with Crippen molar-refractivity contribution in [1.29, 1.82) is 0 Å². The first-order valence-corrected chi connectivity index (χ1v) is 12.5. The number of aromatic nitrogens is 2. The van der Waals surface area contributed by atoms with Crippen molar-refractivity contribution in [3.63, 3.8) is 0 Å². The molecule has 0 spiro atoms. The highest BCUT2D eigenvalue weighted by Crippen LogP contribution is 2.34. The third-order valence-corrected chi connectivity index (χ3v) is 7.71. The van der Waals surface area contributed by atoms with Gasteiger partial charge in [-0.2, -0.15) is 0 Å². The molecule has 0 atom stereocenters. The summed E-state index contributed by atoms with van der Waals surface area (Å²) in [6.45, 7) is 1.14. The first kappa shape index (κ1) is 21.6. The smallest absolute Gasteiger partial charge is 0.254 e. The van der Waals surface area contributed by atoms with E-state index in [1.54, 1.807) is 5.51 Å². The molecule has 3 aromatic carbocycles.